The molecule has 0 aromatic heterocycles. The molecular weight excluding hydrogens is 484 g/mol. The fourth-order valence-electron chi connectivity index (χ4n) is 2.60. The molecule has 0 atom stereocenters. The van der Waals surface area contributed by atoms with E-state index in [1.165, 1.54) is 30.3 Å². The summed E-state index contributed by atoms with van der Waals surface area (Å²) in [6.45, 7) is 0. The summed E-state index contributed by atoms with van der Waals surface area (Å²) in [5.41, 5.74) is 1.12. The zero-order chi connectivity index (χ0) is 22.4. The van der Waals surface area contributed by atoms with Gasteiger partial charge in [-0.15, -0.1) is 0 Å². The van der Waals surface area contributed by atoms with Crippen LogP contribution in [0.1, 0.15) is 26.3 Å². The quantitative estimate of drug-likeness (QED) is 0.504. The lowest BCUT2D eigenvalue weighted by atomic mass is 10.1. The van der Waals surface area contributed by atoms with Crippen molar-refractivity contribution >= 4 is 57.1 Å². The third-order valence-corrected chi connectivity index (χ3v) is 4.92. The molecule has 0 aliphatic rings. The van der Waals surface area contributed by atoms with Crippen LogP contribution in [-0.2, 0) is 4.79 Å². The van der Waals surface area contributed by atoms with Gasteiger partial charge in [0.15, 0.2) is 0 Å². The summed E-state index contributed by atoms with van der Waals surface area (Å²) < 4.78 is 0.812. The summed E-state index contributed by atoms with van der Waals surface area (Å²) in [7, 11) is 0. The molecule has 0 aliphatic carbocycles. The highest BCUT2D eigenvalue weighted by atomic mass is 79.9. The van der Waals surface area contributed by atoms with E-state index in [1.807, 2.05) is 0 Å². The molecule has 0 radical (unpaired) electrons. The second-order valence-corrected chi connectivity index (χ2v) is 7.75. The summed E-state index contributed by atoms with van der Waals surface area (Å²) in [4.78, 5) is 36.6. The predicted octanol–water partition coefficient (Wildman–Crippen LogP) is 3.88. The lowest BCUT2D eigenvalue weighted by Crippen LogP contribution is -2.31. The first-order chi connectivity index (χ1) is 14.8. The number of aromatic carboxylic acids is 1. The van der Waals surface area contributed by atoms with E-state index in [9.17, 15) is 19.5 Å². The molecule has 0 fully saturated rings. The number of carboxylic acids is 1. The van der Waals surface area contributed by atoms with Crippen LogP contribution >= 0.6 is 27.5 Å². The maximum Gasteiger partial charge on any atom is 0.272 e. The van der Waals surface area contributed by atoms with Gasteiger partial charge in [0.05, 0.1) is 5.97 Å². The molecule has 3 rings (SSSR count). The fraction of sp³-hybridized carbons (Fsp3) is 0. The number of anilines is 1. The summed E-state index contributed by atoms with van der Waals surface area (Å²) in [6, 6.07) is 19.0. The van der Waals surface area contributed by atoms with Crippen molar-refractivity contribution in [2.75, 3.05) is 5.32 Å². The summed E-state index contributed by atoms with van der Waals surface area (Å²) in [6.07, 6.45) is 1.49. The molecule has 156 valence electrons. The molecule has 0 spiro atoms. The number of amides is 2. The van der Waals surface area contributed by atoms with Crippen LogP contribution in [0.3, 0.4) is 0 Å². The van der Waals surface area contributed by atoms with Crippen molar-refractivity contribution in [2.24, 2.45) is 0 Å². The van der Waals surface area contributed by atoms with Crippen molar-refractivity contribution < 1.29 is 19.5 Å². The van der Waals surface area contributed by atoms with Crippen molar-refractivity contribution in [1.82, 2.24) is 5.32 Å². The van der Waals surface area contributed by atoms with Crippen LogP contribution < -0.4 is 15.7 Å². The molecule has 0 saturated heterocycles. The minimum Gasteiger partial charge on any atom is -0.545 e. The van der Waals surface area contributed by atoms with Gasteiger partial charge in [0.2, 0.25) is 0 Å². The number of nitrogens with one attached hydrogen (secondary N) is 2. The van der Waals surface area contributed by atoms with Crippen LogP contribution in [0.5, 0.6) is 0 Å². The Morgan fingerprint density at radius 1 is 0.903 bits per heavy atom. The molecule has 2 amide bonds. The predicted molar refractivity (Wildman–Crippen MR) is 120 cm³/mol. The van der Waals surface area contributed by atoms with E-state index in [0.717, 1.165) is 4.47 Å². The minimum absolute atomic E-state index is 0.0332. The maximum atomic E-state index is 12.9. The Bertz CT molecular complexity index is 1160. The number of benzene rings is 3. The first-order valence-corrected chi connectivity index (χ1v) is 10.2. The molecule has 3 aromatic rings. The lowest BCUT2D eigenvalue weighted by molar-refractivity contribution is -0.255. The van der Waals surface area contributed by atoms with E-state index >= 15 is 0 Å². The highest BCUT2D eigenvalue weighted by molar-refractivity contribution is 9.10. The Hall–Kier alpha value is -3.42. The molecule has 0 saturated carbocycles. The van der Waals surface area contributed by atoms with Gasteiger partial charge in [0.1, 0.15) is 5.70 Å². The van der Waals surface area contributed by atoms with Crippen LogP contribution in [0.25, 0.3) is 6.08 Å². The minimum atomic E-state index is -1.36. The van der Waals surface area contributed by atoms with Crippen LogP contribution in [0.15, 0.2) is 83.0 Å². The summed E-state index contributed by atoms with van der Waals surface area (Å²) >= 11 is 9.22. The van der Waals surface area contributed by atoms with Crippen molar-refractivity contribution in [1.29, 1.82) is 0 Å². The zero-order valence-electron chi connectivity index (χ0n) is 15.9. The van der Waals surface area contributed by atoms with E-state index in [-0.39, 0.29) is 16.9 Å². The monoisotopic (exact) mass is 497 g/mol. The second-order valence-electron chi connectivity index (χ2n) is 6.39. The summed E-state index contributed by atoms with van der Waals surface area (Å²) in [5, 5.41) is 16.8. The Morgan fingerprint density at radius 2 is 1.58 bits per heavy atom. The van der Waals surface area contributed by atoms with Gasteiger partial charge in [-0.3, -0.25) is 9.59 Å². The average Bonchev–Trinajstić information content (AvgIpc) is 2.75. The largest absolute Gasteiger partial charge is 0.545 e. The molecule has 31 heavy (non-hydrogen) atoms. The van der Waals surface area contributed by atoms with Crippen molar-refractivity contribution in [3.05, 3.63) is 105 Å². The maximum absolute atomic E-state index is 12.9. The van der Waals surface area contributed by atoms with E-state index in [0.29, 0.717) is 16.1 Å². The van der Waals surface area contributed by atoms with Gasteiger partial charge in [-0.1, -0.05) is 51.8 Å². The average molecular weight is 499 g/mol. The van der Waals surface area contributed by atoms with Gasteiger partial charge in [-0.25, -0.2) is 0 Å². The van der Waals surface area contributed by atoms with Gasteiger partial charge in [0.25, 0.3) is 11.8 Å². The molecule has 0 unspecified atom stereocenters. The van der Waals surface area contributed by atoms with Crippen LogP contribution in [0.2, 0.25) is 5.02 Å². The van der Waals surface area contributed by atoms with Crippen molar-refractivity contribution in [3.8, 4) is 0 Å². The first-order valence-electron chi connectivity index (χ1n) is 8.99. The lowest BCUT2D eigenvalue weighted by Gasteiger charge is -2.12. The normalized spacial score (nSPS) is 11.0. The standard InChI is InChI=1S/C23H16BrClN2O4/c24-17-8-6-15(7-9-17)21(28)27-20(12-14-4-10-18(25)11-5-14)22(29)26-19-3-1-2-16(13-19)23(30)31/h1-13H,(H,26,29)(H,27,28)(H,30,31)/p-1/b20-12-. The molecule has 6 nitrogen and oxygen atoms in total. The Kier molecular flexibility index (Phi) is 7.23. The number of carbonyl (C=O) groups excluding carboxylic acids is 3. The Balaban J connectivity index is 1.89. The number of halogens is 2. The molecule has 3 aromatic carbocycles. The SMILES string of the molecule is O=C(Nc1cccc(C(=O)[O-])c1)/C(=C/c1ccc(Cl)cc1)NC(=O)c1ccc(Br)cc1. The third kappa shape index (κ3) is 6.28. The Labute approximate surface area is 191 Å². The van der Waals surface area contributed by atoms with E-state index in [4.69, 9.17) is 11.6 Å². The van der Waals surface area contributed by atoms with E-state index in [1.54, 1.807) is 48.5 Å². The number of rotatable bonds is 6. The Morgan fingerprint density at radius 3 is 2.23 bits per heavy atom. The molecule has 0 aliphatic heterocycles. The van der Waals surface area contributed by atoms with Gasteiger partial charge in [0, 0.05) is 20.7 Å². The van der Waals surface area contributed by atoms with Gasteiger partial charge in [-0.2, -0.15) is 0 Å². The molecule has 8 heteroatoms. The fourth-order valence-corrected chi connectivity index (χ4v) is 2.99. The number of carbonyl (C=O) groups is 3. The molecule has 0 bridgehead atoms. The zero-order valence-corrected chi connectivity index (χ0v) is 18.2. The van der Waals surface area contributed by atoms with Crippen molar-refractivity contribution in [3.63, 3.8) is 0 Å². The van der Waals surface area contributed by atoms with Gasteiger partial charge >= 0.3 is 0 Å². The second kappa shape index (κ2) is 10.1. The van der Waals surface area contributed by atoms with Crippen LogP contribution in [0.4, 0.5) is 5.69 Å². The number of carboxylic acid groups (broad SMARTS) is 1. The van der Waals surface area contributed by atoms with E-state index in [2.05, 4.69) is 26.6 Å². The smallest absolute Gasteiger partial charge is 0.272 e. The highest BCUT2D eigenvalue weighted by Crippen LogP contribution is 2.16. The highest BCUT2D eigenvalue weighted by Gasteiger charge is 2.15. The van der Waals surface area contributed by atoms with Crippen LogP contribution in [0, 0.1) is 0 Å². The molecule has 2 N–H and O–H groups in total. The number of hydrogen-bond donors (Lipinski definition) is 2. The number of hydrogen-bond acceptors (Lipinski definition) is 4. The molecular formula is C23H15BrClN2O4-. The van der Waals surface area contributed by atoms with Crippen molar-refractivity contribution in [2.45, 2.75) is 0 Å². The molecule has 0 heterocycles. The topological polar surface area (TPSA) is 98.3 Å². The van der Waals surface area contributed by atoms with Gasteiger partial charge < -0.3 is 20.5 Å². The third-order valence-electron chi connectivity index (χ3n) is 4.14. The first kappa shape index (κ1) is 22.3. The van der Waals surface area contributed by atoms with Crippen LogP contribution in [-0.4, -0.2) is 17.8 Å². The van der Waals surface area contributed by atoms with Gasteiger partial charge in [-0.05, 0) is 65.7 Å². The van der Waals surface area contributed by atoms with E-state index < -0.39 is 17.8 Å². The summed E-state index contributed by atoms with van der Waals surface area (Å²) in [5.74, 6) is -2.47.